The van der Waals surface area contributed by atoms with E-state index in [-0.39, 0.29) is 0 Å². The van der Waals surface area contributed by atoms with E-state index in [9.17, 15) is 0 Å². The van der Waals surface area contributed by atoms with Crippen LogP contribution in [0.2, 0.25) is 0 Å². The molecule has 0 aromatic carbocycles. The van der Waals surface area contributed by atoms with Gasteiger partial charge in [0, 0.05) is 12.7 Å². The van der Waals surface area contributed by atoms with Crippen LogP contribution in [-0.2, 0) is 13.0 Å². The van der Waals surface area contributed by atoms with Crippen LogP contribution in [-0.4, -0.2) is 9.38 Å². The highest BCUT2D eigenvalue weighted by Gasteiger charge is 2.07. The first-order valence-corrected chi connectivity index (χ1v) is 5.41. The maximum Gasteiger partial charge on any atom is 0.138 e. The van der Waals surface area contributed by atoms with Gasteiger partial charge in [-0.15, -0.1) is 0 Å². The molecular formula is C10H12BrN3. The summed E-state index contributed by atoms with van der Waals surface area (Å²) < 4.78 is 2.96. The summed E-state index contributed by atoms with van der Waals surface area (Å²) in [5, 5.41) is 0. The summed E-state index contributed by atoms with van der Waals surface area (Å²) in [6.07, 6.45) is 3.04. The van der Waals surface area contributed by atoms with Crippen molar-refractivity contribution in [1.82, 2.24) is 9.38 Å². The van der Waals surface area contributed by atoms with Crippen molar-refractivity contribution in [3.63, 3.8) is 0 Å². The van der Waals surface area contributed by atoms with Crippen LogP contribution in [0.1, 0.15) is 18.2 Å². The third-order valence-corrected chi connectivity index (χ3v) is 3.14. The lowest BCUT2D eigenvalue weighted by Gasteiger charge is -1.98. The lowest BCUT2D eigenvalue weighted by atomic mass is 10.2. The summed E-state index contributed by atoms with van der Waals surface area (Å²) in [7, 11) is 0. The molecule has 0 saturated heterocycles. The molecule has 2 N–H and O–H groups in total. The number of nitrogens with two attached hydrogens (primary N) is 1. The number of aromatic nitrogens is 2. The Labute approximate surface area is 91.1 Å². The molecule has 14 heavy (non-hydrogen) atoms. The maximum absolute atomic E-state index is 5.58. The molecule has 2 aromatic rings. The second-order valence-electron chi connectivity index (χ2n) is 3.17. The first kappa shape index (κ1) is 9.68. The molecule has 0 unspecified atom stereocenters. The molecular weight excluding hydrogens is 242 g/mol. The van der Waals surface area contributed by atoms with Gasteiger partial charge in [-0.3, -0.25) is 4.40 Å². The van der Waals surface area contributed by atoms with E-state index in [1.165, 1.54) is 5.56 Å². The highest BCUT2D eigenvalue weighted by Crippen LogP contribution is 2.19. The van der Waals surface area contributed by atoms with E-state index in [1.807, 2.05) is 10.6 Å². The Morgan fingerprint density at radius 3 is 3.00 bits per heavy atom. The third-order valence-electron chi connectivity index (χ3n) is 2.30. The summed E-state index contributed by atoms with van der Waals surface area (Å²) in [5.74, 6) is 0. The van der Waals surface area contributed by atoms with Gasteiger partial charge in [-0.25, -0.2) is 4.98 Å². The number of hydrogen-bond acceptors (Lipinski definition) is 2. The Hall–Kier alpha value is -0.870. The van der Waals surface area contributed by atoms with E-state index in [2.05, 4.69) is 40.0 Å². The molecule has 0 saturated carbocycles. The van der Waals surface area contributed by atoms with Crippen molar-refractivity contribution >= 4 is 21.6 Å². The molecule has 0 fully saturated rings. The minimum atomic E-state index is 0.462. The first-order valence-electron chi connectivity index (χ1n) is 4.61. The number of fused-ring (bicyclic) bond motifs is 1. The number of rotatable bonds is 2. The molecule has 2 rings (SSSR count). The van der Waals surface area contributed by atoms with Crippen LogP contribution >= 0.6 is 15.9 Å². The zero-order valence-corrected chi connectivity index (χ0v) is 9.58. The molecule has 4 heteroatoms. The van der Waals surface area contributed by atoms with Gasteiger partial charge < -0.3 is 5.73 Å². The Kier molecular flexibility index (Phi) is 2.56. The monoisotopic (exact) mass is 253 g/mol. The van der Waals surface area contributed by atoms with Crippen molar-refractivity contribution < 1.29 is 0 Å². The van der Waals surface area contributed by atoms with Crippen LogP contribution in [0.15, 0.2) is 22.9 Å². The average molecular weight is 254 g/mol. The number of imidazole rings is 1. The average Bonchev–Trinajstić information content (AvgIpc) is 2.55. The Morgan fingerprint density at radius 2 is 2.36 bits per heavy atom. The number of halogens is 1. The number of hydrogen-bond donors (Lipinski definition) is 1. The fourth-order valence-electron chi connectivity index (χ4n) is 1.46. The minimum absolute atomic E-state index is 0.462. The summed E-state index contributed by atoms with van der Waals surface area (Å²) in [4.78, 5) is 4.43. The lowest BCUT2D eigenvalue weighted by molar-refractivity contribution is 1.000. The third kappa shape index (κ3) is 1.44. The zero-order valence-electron chi connectivity index (χ0n) is 8.00. The van der Waals surface area contributed by atoms with Gasteiger partial charge in [0.2, 0.25) is 0 Å². The molecule has 0 aliphatic rings. The van der Waals surface area contributed by atoms with Crippen LogP contribution in [0, 0.1) is 0 Å². The molecule has 3 nitrogen and oxygen atoms in total. The SMILES string of the molecule is CCc1ccn2c(Br)c(CN)nc2c1. The topological polar surface area (TPSA) is 43.3 Å². The van der Waals surface area contributed by atoms with E-state index in [0.29, 0.717) is 6.54 Å². The van der Waals surface area contributed by atoms with Crippen LogP contribution in [0.5, 0.6) is 0 Å². The standard InChI is InChI=1S/C10H12BrN3/c1-2-7-3-4-14-9(5-7)13-8(6-12)10(14)11/h3-5H,2,6,12H2,1H3. The Balaban J connectivity index is 2.66. The molecule has 2 heterocycles. The van der Waals surface area contributed by atoms with Crippen LogP contribution in [0.3, 0.4) is 0 Å². The first-order chi connectivity index (χ1) is 6.76. The van der Waals surface area contributed by atoms with Gasteiger partial charge in [-0.1, -0.05) is 6.92 Å². The van der Waals surface area contributed by atoms with Crippen molar-refractivity contribution in [2.24, 2.45) is 5.73 Å². The van der Waals surface area contributed by atoms with E-state index in [0.717, 1.165) is 22.4 Å². The molecule has 0 amide bonds. The van der Waals surface area contributed by atoms with Gasteiger partial charge >= 0.3 is 0 Å². The molecule has 2 aromatic heterocycles. The number of aryl methyl sites for hydroxylation is 1. The van der Waals surface area contributed by atoms with Crippen molar-refractivity contribution in [2.75, 3.05) is 0 Å². The molecule has 0 spiro atoms. The molecule has 74 valence electrons. The van der Waals surface area contributed by atoms with E-state index < -0.39 is 0 Å². The molecule has 0 aliphatic carbocycles. The van der Waals surface area contributed by atoms with Gasteiger partial charge in [-0.2, -0.15) is 0 Å². The van der Waals surface area contributed by atoms with E-state index in [1.54, 1.807) is 0 Å². The van der Waals surface area contributed by atoms with Crippen LogP contribution in [0.25, 0.3) is 5.65 Å². The summed E-state index contributed by atoms with van der Waals surface area (Å²) in [6.45, 7) is 2.59. The fraction of sp³-hybridized carbons (Fsp3) is 0.300. The van der Waals surface area contributed by atoms with Gasteiger partial charge in [0.05, 0.1) is 5.69 Å². The van der Waals surface area contributed by atoms with E-state index >= 15 is 0 Å². The molecule has 0 radical (unpaired) electrons. The molecule has 0 aliphatic heterocycles. The molecule has 0 atom stereocenters. The van der Waals surface area contributed by atoms with Crippen molar-refractivity contribution in [3.05, 3.63) is 34.2 Å². The Bertz CT molecular complexity index is 462. The van der Waals surface area contributed by atoms with E-state index in [4.69, 9.17) is 5.73 Å². The lowest BCUT2D eigenvalue weighted by Crippen LogP contribution is -1.96. The van der Waals surface area contributed by atoms with Gasteiger partial charge in [0.1, 0.15) is 10.3 Å². The largest absolute Gasteiger partial charge is 0.325 e. The highest BCUT2D eigenvalue weighted by molar-refractivity contribution is 9.10. The number of nitrogens with zero attached hydrogens (tertiary/aromatic N) is 2. The second kappa shape index (κ2) is 3.71. The summed E-state index contributed by atoms with van der Waals surface area (Å²) >= 11 is 3.48. The quantitative estimate of drug-likeness (QED) is 0.891. The summed E-state index contributed by atoms with van der Waals surface area (Å²) in [5.41, 5.74) is 8.73. The van der Waals surface area contributed by atoms with Crippen molar-refractivity contribution in [1.29, 1.82) is 0 Å². The fourth-order valence-corrected chi connectivity index (χ4v) is 2.01. The number of pyridine rings is 1. The van der Waals surface area contributed by atoms with Crippen molar-refractivity contribution in [3.8, 4) is 0 Å². The van der Waals surface area contributed by atoms with Crippen molar-refractivity contribution in [2.45, 2.75) is 19.9 Å². The predicted molar refractivity (Wildman–Crippen MR) is 60.2 cm³/mol. The smallest absolute Gasteiger partial charge is 0.138 e. The normalized spacial score (nSPS) is 11.1. The maximum atomic E-state index is 5.58. The Morgan fingerprint density at radius 1 is 1.57 bits per heavy atom. The predicted octanol–water partition coefficient (Wildman–Crippen LogP) is 2.12. The van der Waals surface area contributed by atoms with Gasteiger partial charge in [0.15, 0.2) is 0 Å². The van der Waals surface area contributed by atoms with Crippen LogP contribution < -0.4 is 5.73 Å². The minimum Gasteiger partial charge on any atom is -0.325 e. The zero-order chi connectivity index (χ0) is 10.1. The molecule has 0 bridgehead atoms. The van der Waals surface area contributed by atoms with Gasteiger partial charge in [0.25, 0.3) is 0 Å². The van der Waals surface area contributed by atoms with Gasteiger partial charge in [-0.05, 0) is 40.0 Å². The highest BCUT2D eigenvalue weighted by atomic mass is 79.9. The van der Waals surface area contributed by atoms with Crippen LogP contribution in [0.4, 0.5) is 0 Å². The summed E-state index contributed by atoms with van der Waals surface area (Å²) in [6, 6.07) is 4.18. The second-order valence-corrected chi connectivity index (χ2v) is 3.92.